The van der Waals surface area contributed by atoms with E-state index in [4.69, 9.17) is 9.15 Å². The highest BCUT2D eigenvalue weighted by molar-refractivity contribution is 7.99. The Bertz CT molecular complexity index is 833. The standard InChI is InChI=1S/C17H17N3O6S/c21-16(18-19-17(22)14-4-2-8-26-14)11-5-6-15(13(9-11)20(23)24)27-10-12-3-1-7-25-12/h2,4-6,8-9,12H,1,3,7,10H2,(H,18,21)(H,19,22)/t12-/m0/s1. The first-order chi connectivity index (χ1) is 13.0. The first-order valence-corrected chi connectivity index (χ1v) is 9.20. The molecule has 2 aromatic rings. The first-order valence-electron chi connectivity index (χ1n) is 8.21. The number of benzene rings is 1. The number of thioether (sulfide) groups is 1. The SMILES string of the molecule is O=C(NNC(=O)c1ccco1)c1ccc(SC[C@@H]2CCCO2)c([N+](=O)[O-])c1. The molecule has 2 amide bonds. The number of nitrogens with one attached hydrogen (secondary N) is 2. The number of ether oxygens (including phenoxy) is 1. The number of furan rings is 1. The topological polar surface area (TPSA) is 124 Å². The maximum atomic E-state index is 12.2. The Balaban J connectivity index is 1.64. The molecule has 1 aliphatic rings. The number of carbonyl (C=O) groups excluding carboxylic acids is 2. The molecule has 0 bridgehead atoms. The Morgan fingerprint density at radius 2 is 2.07 bits per heavy atom. The molecule has 1 aromatic heterocycles. The van der Waals surface area contributed by atoms with Crippen LogP contribution in [-0.4, -0.2) is 35.2 Å². The lowest BCUT2D eigenvalue weighted by atomic mass is 10.2. The van der Waals surface area contributed by atoms with Gasteiger partial charge in [-0.1, -0.05) is 0 Å². The van der Waals surface area contributed by atoms with Crippen molar-refractivity contribution in [1.29, 1.82) is 0 Å². The molecule has 9 nitrogen and oxygen atoms in total. The van der Waals surface area contributed by atoms with E-state index in [0.717, 1.165) is 19.4 Å². The molecule has 1 fully saturated rings. The summed E-state index contributed by atoms with van der Waals surface area (Å²) in [5.41, 5.74) is 4.28. The number of carbonyl (C=O) groups is 2. The lowest BCUT2D eigenvalue weighted by molar-refractivity contribution is -0.387. The summed E-state index contributed by atoms with van der Waals surface area (Å²) in [6.07, 6.45) is 3.36. The Labute approximate surface area is 158 Å². The summed E-state index contributed by atoms with van der Waals surface area (Å²) < 4.78 is 10.4. The van der Waals surface area contributed by atoms with Crippen LogP contribution in [0.3, 0.4) is 0 Å². The molecule has 1 aromatic carbocycles. The highest BCUT2D eigenvalue weighted by Crippen LogP contribution is 2.32. The van der Waals surface area contributed by atoms with E-state index in [2.05, 4.69) is 10.9 Å². The molecule has 1 aliphatic heterocycles. The quantitative estimate of drug-likeness (QED) is 0.440. The summed E-state index contributed by atoms with van der Waals surface area (Å²) in [6, 6.07) is 7.16. The molecule has 2 heterocycles. The molecular formula is C17H17N3O6S. The van der Waals surface area contributed by atoms with Crippen LogP contribution in [0.5, 0.6) is 0 Å². The van der Waals surface area contributed by atoms with E-state index in [1.54, 1.807) is 0 Å². The molecule has 0 aliphatic carbocycles. The summed E-state index contributed by atoms with van der Waals surface area (Å²) in [6.45, 7) is 0.718. The van der Waals surface area contributed by atoms with Crippen molar-refractivity contribution in [2.24, 2.45) is 0 Å². The van der Waals surface area contributed by atoms with Gasteiger partial charge in [0, 0.05) is 24.0 Å². The highest BCUT2D eigenvalue weighted by atomic mass is 32.2. The molecular weight excluding hydrogens is 374 g/mol. The van der Waals surface area contributed by atoms with Gasteiger partial charge in [0.05, 0.1) is 22.2 Å². The third kappa shape index (κ3) is 4.86. The minimum Gasteiger partial charge on any atom is -0.459 e. The molecule has 0 unspecified atom stereocenters. The third-order valence-electron chi connectivity index (χ3n) is 3.90. The fourth-order valence-corrected chi connectivity index (χ4v) is 3.61. The second-order valence-corrected chi connectivity index (χ2v) is 6.83. The molecule has 1 saturated heterocycles. The Morgan fingerprint density at radius 1 is 1.26 bits per heavy atom. The summed E-state index contributed by atoms with van der Waals surface area (Å²) in [7, 11) is 0. The van der Waals surface area contributed by atoms with E-state index in [0.29, 0.717) is 10.6 Å². The molecule has 10 heteroatoms. The molecule has 27 heavy (non-hydrogen) atoms. The van der Waals surface area contributed by atoms with Crippen LogP contribution < -0.4 is 10.9 Å². The molecule has 3 rings (SSSR count). The van der Waals surface area contributed by atoms with Crippen LogP contribution in [0.2, 0.25) is 0 Å². The van der Waals surface area contributed by atoms with Gasteiger partial charge in [0.15, 0.2) is 5.76 Å². The van der Waals surface area contributed by atoms with Gasteiger partial charge in [0.2, 0.25) is 0 Å². The van der Waals surface area contributed by atoms with E-state index in [1.165, 1.54) is 48.4 Å². The lowest BCUT2D eigenvalue weighted by Gasteiger charge is -2.10. The monoisotopic (exact) mass is 391 g/mol. The number of hydrazine groups is 1. The van der Waals surface area contributed by atoms with Crippen molar-refractivity contribution in [3.63, 3.8) is 0 Å². The summed E-state index contributed by atoms with van der Waals surface area (Å²) in [4.78, 5) is 35.2. The van der Waals surface area contributed by atoms with Crippen LogP contribution in [0.15, 0.2) is 45.9 Å². The van der Waals surface area contributed by atoms with Crippen molar-refractivity contribution in [3.8, 4) is 0 Å². The zero-order chi connectivity index (χ0) is 19.2. The average Bonchev–Trinajstić information content (AvgIpc) is 3.37. The molecule has 2 N–H and O–H groups in total. The van der Waals surface area contributed by atoms with Crippen molar-refractivity contribution in [2.45, 2.75) is 23.8 Å². The van der Waals surface area contributed by atoms with Gasteiger partial charge in [0.25, 0.3) is 11.6 Å². The molecule has 0 spiro atoms. The van der Waals surface area contributed by atoms with E-state index in [9.17, 15) is 19.7 Å². The molecule has 0 radical (unpaired) electrons. The van der Waals surface area contributed by atoms with Crippen LogP contribution in [0.4, 0.5) is 5.69 Å². The number of hydrogen-bond donors (Lipinski definition) is 2. The first kappa shape index (κ1) is 18.9. The van der Waals surface area contributed by atoms with Crippen molar-refractivity contribution >= 4 is 29.3 Å². The molecule has 142 valence electrons. The van der Waals surface area contributed by atoms with Gasteiger partial charge in [-0.05, 0) is 37.1 Å². The smallest absolute Gasteiger partial charge is 0.305 e. The third-order valence-corrected chi connectivity index (χ3v) is 5.10. The van der Waals surface area contributed by atoms with Gasteiger partial charge >= 0.3 is 5.91 Å². The van der Waals surface area contributed by atoms with Crippen LogP contribution in [0.25, 0.3) is 0 Å². The van der Waals surface area contributed by atoms with Gasteiger partial charge in [-0.25, -0.2) is 0 Å². The zero-order valence-corrected chi connectivity index (χ0v) is 15.0. The van der Waals surface area contributed by atoms with E-state index < -0.39 is 16.7 Å². The van der Waals surface area contributed by atoms with Gasteiger partial charge in [0.1, 0.15) is 0 Å². The van der Waals surface area contributed by atoms with E-state index in [1.807, 2.05) is 0 Å². The number of nitrogens with zero attached hydrogens (tertiary/aromatic N) is 1. The second kappa shape index (κ2) is 8.69. The largest absolute Gasteiger partial charge is 0.459 e. The van der Waals surface area contributed by atoms with Gasteiger partial charge < -0.3 is 9.15 Å². The van der Waals surface area contributed by atoms with E-state index in [-0.39, 0.29) is 23.1 Å². The van der Waals surface area contributed by atoms with Crippen LogP contribution in [-0.2, 0) is 4.74 Å². The predicted octanol–water partition coefficient (Wildman–Crippen LogP) is 2.53. The van der Waals surface area contributed by atoms with Crippen molar-refractivity contribution in [3.05, 3.63) is 58.0 Å². The fraction of sp³-hybridized carbons (Fsp3) is 0.294. The maximum Gasteiger partial charge on any atom is 0.305 e. The normalized spacial score (nSPS) is 16.1. The highest BCUT2D eigenvalue weighted by Gasteiger charge is 2.21. The van der Waals surface area contributed by atoms with Crippen molar-refractivity contribution < 1.29 is 23.7 Å². The Kier molecular flexibility index (Phi) is 6.09. The maximum absolute atomic E-state index is 12.2. The summed E-state index contributed by atoms with van der Waals surface area (Å²) >= 11 is 1.33. The number of hydrogen-bond acceptors (Lipinski definition) is 7. The van der Waals surface area contributed by atoms with Crippen LogP contribution >= 0.6 is 11.8 Å². The molecule has 1 atom stereocenters. The number of nitro benzene ring substituents is 1. The van der Waals surface area contributed by atoms with Crippen molar-refractivity contribution in [1.82, 2.24) is 10.9 Å². The number of rotatable bonds is 6. The van der Waals surface area contributed by atoms with E-state index >= 15 is 0 Å². The van der Waals surface area contributed by atoms with Crippen molar-refractivity contribution in [2.75, 3.05) is 12.4 Å². The summed E-state index contributed by atoms with van der Waals surface area (Å²) in [5.74, 6) is -0.659. The number of nitro groups is 1. The second-order valence-electron chi connectivity index (χ2n) is 5.77. The Hall–Kier alpha value is -2.85. The average molecular weight is 391 g/mol. The zero-order valence-electron chi connectivity index (χ0n) is 14.2. The van der Waals surface area contributed by atoms with Crippen LogP contribution in [0.1, 0.15) is 33.8 Å². The lowest BCUT2D eigenvalue weighted by Crippen LogP contribution is -2.41. The minimum atomic E-state index is -0.673. The fourth-order valence-electron chi connectivity index (χ4n) is 2.54. The summed E-state index contributed by atoms with van der Waals surface area (Å²) in [5, 5.41) is 11.4. The van der Waals surface area contributed by atoms with Gasteiger partial charge in [-0.15, -0.1) is 11.8 Å². The number of amides is 2. The van der Waals surface area contributed by atoms with Gasteiger partial charge in [-0.2, -0.15) is 0 Å². The van der Waals surface area contributed by atoms with Crippen LogP contribution in [0, 0.1) is 10.1 Å². The van der Waals surface area contributed by atoms with Gasteiger partial charge in [-0.3, -0.25) is 30.6 Å². The minimum absolute atomic E-state index is 0.0298. The molecule has 0 saturated carbocycles. The Morgan fingerprint density at radius 3 is 2.74 bits per heavy atom. The predicted molar refractivity (Wildman–Crippen MR) is 96.4 cm³/mol.